The van der Waals surface area contributed by atoms with Gasteiger partial charge in [-0.05, 0) is 29.3 Å². The van der Waals surface area contributed by atoms with Crippen LogP contribution in [0.3, 0.4) is 0 Å². The van der Waals surface area contributed by atoms with Crippen molar-refractivity contribution in [2.45, 2.75) is 11.8 Å². The number of halogens is 1. The van der Waals surface area contributed by atoms with Crippen molar-refractivity contribution in [3.8, 4) is 0 Å². The number of sulfonamides is 1. The zero-order valence-corrected chi connectivity index (χ0v) is 13.3. The van der Waals surface area contributed by atoms with Gasteiger partial charge >= 0.3 is 0 Å². The van der Waals surface area contributed by atoms with Crippen LogP contribution in [0.25, 0.3) is 0 Å². The molecule has 0 aliphatic carbocycles. The maximum atomic E-state index is 13.0. The first-order chi connectivity index (χ1) is 11.1. The lowest BCUT2D eigenvalue weighted by Gasteiger charge is -2.35. The molecule has 23 heavy (non-hydrogen) atoms. The lowest BCUT2D eigenvalue weighted by molar-refractivity contribution is 0.271. The van der Waals surface area contributed by atoms with Crippen LogP contribution in [-0.2, 0) is 15.8 Å². The number of hydrogen-bond donors (Lipinski definition) is 1. The van der Waals surface area contributed by atoms with Gasteiger partial charge in [-0.25, -0.2) is 12.8 Å². The second kappa shape index (κ2) is 6.74. The summed E-state index contributed by atoms with van der Waals surface area (Å²) in [5, 5.41) is 3.22. The van der Waals surface area contributed by atoms with E-state index in [1.54, 1.807) is 18.5 Å². The predicted molar refractivity (Wildman–Crippen MR) is 85.6 cm³/mol. The fourth-order valence-corrected chi connectivity index (χ4v) is 4.48. The summed E-state index contributed by atoms with van der Waals surface area (Å²) in [6.45, 7) is 1.57. The molecule has 3 rings (SSSR count). The highest BCUT2D eigenvalue weighted by Gasteiger charge is 2.33. The van der Waals surface area contributed by atoms with Crippen LogP contribution in [-0.4, -0.2) is 37.3 Å². The van der Waals surface area contributed by atoms with E-state index in [0.29, 0.717) is 25.2 Å². The van der Waals surface area contributed by atoms with Crippen LogP contribution in [0.5, 0.6) is 0 Å². The summed E-state index contributed by atoms with van der Waals surface area (Å²) in [6.07, 6.45) is 3.36. The smallest absolute Gasteiger partial charge is 0.218 e. The minimum Gasteiger partial charge on any atom is -0.313 e. The molecular weight excluding hydrogens is 317 g/mol. The van der Waals surface area contributed by atoms with Gasteiger partial charge in [0.25, 0.3) is 0 Å². The van der Waals surface area contributed by atoms with Crippen molar-refractivity contribution < 1.29 is 12.8 Å². The second-order valence-electron chi connectivity index (χ2n) is 5.50. The van der Waals surface area contributed by atoms with Crippen LogP contribution in [0, 0.1) is 5.82 Å². The molecule has 2 aromatic rings. The van der Waals surface area contributed by atoms with Crippen molar-refractivity contribution in [3.63, 3.8) is 0 Å². The molecule has 5 nitrogen and oxygen atoms in total. The molecule has 1 atom stereocenters. The van der Waals surface area contributed by atoms with Gasteiger partial charge < -0.3 is 5.32 Å². The molecule has 0 bridgehead atoms. The maximum absolute atomic E-state index is 13.0. The van der Waals surface area contributed by atoms with Gasteiger partial charge in [-0.2, -0.15) is 4.31 Å². The Kier molecular flexibility index (Phi) is 4.70. The van der Waals surface area contributed by atoms with Crippen molar-refractivity contribution >= 4 is 10.0 Å². The average molecular weight is 335 g/mol. The van der Waals surface area contributed by atoms with Crippen molar-refractivity contribution in [1.82, 2.24) is 14.6 Å². The molecule has 7 heteroatoms. The molecular formula is C16H18FN3O2S. The summed E-state index contributed by atoms with van der Waals surface area (Å²) in [4.78, 5) is 4.08. The van der Waals surface area contributed by atoms with E-state index in [2.05, 4.69) is 10.3 Å². The molecule has 1 aliphatic heterocycles. The Balaban J connectivity index is 1.85. The Hall–Kier alpha value is -1.83. The normalized spacial score (nSPS) is 19.6. The van der Waals surface area contributed by atoms with Gasteiger partial charge in [0.15, 0.2) is 0 Å². The Labute approximate surface area is 135 Å². The molecule has 0 amide bonds. The highest BCUT2D eigenvalue weighted by Crippen LogP contribution is 2.26. The Morgan fingerprint density at radius 2 is 2.04 bits per heavy atom. The van der Waals surface area contributed by atoms with E-state index < -0.39 is 10.0 Å². The Morgan fingerprint density at radius 3 is 2.74 bits per heavy atom. The average Bonchev–Trinajstić information content (AvgIpc) is 2.58. The van der Waals surface area contributed by atoms with E-state index in [9.17, 15) is 12.8 Å². The summed E-state index contributed by atoms with van der Waals surface area (Å²) >= 11 is 0. The number of nitrogens with one attached hydrogen (secondary N) is 1. The number of piperazine rings is 1. The molecule has 0 saturated carbocycles. The summed E-state index contributed by atoms with van der Waals surface area (Å²) in [6, 6.07) is 8.98. The number of rotatable bonds is 4. The van der Waals surface area contributed by atoms with Crippen LogP contribution in [0.4, 0.5) is 4.39 Å². The molecule has 0 radical (unpaired) electrons. The van der Waals surface area contributed by atoms with Gasteiger partial charge in [-0.1, -0.05) is 18.2 Å². The van der Waals surface area contributed by atoms with Crippen LogP contribution >= 0.6 is 0 Å². The highest BCUT2D eigenvalue weighted by molar-refractivity contribution is 7.88. The highest BCUT2D eigenvalue weighted by atomic mass is 32.2. The first kappa shape index (κ1) is 16.0. The Morgan fingerprint density at radius 1 is 1.26 bits per heavy atom. The molecule has 1 aliphatic rings. The minimum atomic E-state index is -3.50. The van der Waals surface area contributed by atoms with Crippen molar-refractivity contribution in [2.75, 3.05) is 19.6 Å². The third-order valence-electron chi connectivity index (χ3n) is 3.88. The van der Waals surface area contributed by atoms with Gasteiger partial charge in [0.05, 0.1) is 11.8 Å². The molecule has 2 heterocycles. The predicted octanol–water partition coefficient (Wildman–Crippen LogP) is 1.70. The zero-order chi connectivity index (χ0) is 16.3. The van der Waals surface area contributed by atoms with E-state index >= 15 is 0 Å². The number of hydrogen-bond acceptors (Lipinski definition) is 4. The largest absolute Gasteiger partial charge is 0.313 e. The summed E-state index contributed by atoms with van der Waals surface area (Å²) < 4.78 is 40.1. The quantitative estimate of drug-likeness (QED) is 0.924. The molecule has 1 unspecified atom stereocenters. The molecule has 1 saturated heterocycles. The Bertz CT molecular complexity index is 751. The molecule has 1 aromatic carbocycles. The topological polar surface area (TPSA) is 62.3 Å². The van der Waals surface area contributed by atoms with Crippen molar-refractivity contribution in [3.05, 3.63) is 65.7 Å². The minimum absolute atomic E-state index is 0.135. The van der Waals surface area contributed by atoms with E-state index in [4.69, 9.17) is 0 Å². The van der Waals surface area contributed by atoms with Gasteiger partial charge in [0, 0.05) is 32.0 Å². The van der Waals surface area contributed by atoms with Crippen molar-refractivity contribution in [1.29, 1.82) is 0 Å². The van der Waals surface area contributed by atoms with Crippen LogP contribution in [0.15, 0.2) is 48.8 Å². The lowest BCUT2D eigenvalue weighted by atomic mass is 10.1. The maximum Gasteiger partial charge on any atom is 0.218 e. The zero-order valence-electron chi connectivity index (χ0n) is 12.5. The van der Waals surface area contributed by atoms with Crippen LogP contribution in [0.2, 0.25) is 0 Å². The summed E-state index contributed by atoms with van der Waals surface area (Å²) in [5.74, 6) is -0.508. The van der Waals surface area contributed by atoms with E-state index in [0.717, 1.165) is 5.56 Å². The third-order valence-corrected chi connectivity index (χ3v) is 5.73. The van der Waals surface area contributed by atoms with Gasteiger partial charge in [0.1, 0.15) is 5.82 Å². The number of benzene rings is 1. The summed E-state index contributed by atoms with van der Waals surface area (Å²) in [5.41, 5.74) is 1.44. The van der Waals surface area contributed by atoms with E-state index in [-0.39, 0.29) is 17.6 Å². The van der Waals surface area contributed by atoms with Crippen LogP contribution in [0.1, 0.15) is 17.2 Å². The summed E-state index contributed by atoms with van der Waals surface area (Å²) in [7, 11) is -3.50. The monoisotopic (exact) mass is 335 g/mol. The number of aromatic nitrogens is 1. The van der Waals surface area contributed by atoms with Gasteiger partial charge in [0.2, 0.25) is 10.0 Å². The van der Waals surface area contributed by atoms with E-state index in [1.165, 1.54) is 28.6 Å². The SMILES string of the molecule is O=S(=O)(Cc1ccc(F)cc1)N1CCNCC1c1cccnc1. The molecule has 0 spiro atoms. The second-order valence-corrected chi connectivity index (χ2v) is 7.42. The fourth-order valence-electron chi connectivity index (χ4n) is 2.75. The molecule has 1 fully saturated rings. The number of pyridine rings is 1. The standard InChI is InChI=1S/C16H18FN3O2S/c17-15-5-3-13(4-6-15)12-23(21,22)20-9-8-19-11-16(20)14-2-1-7-18-10-14/h1-7,10,16,19H,8-9,11-12H2. The fraction of sp³-hybridized carbons (Fsp3) is 0.312. The lowest BCUT2D eigenvalue weighted by Crippen LogP contribution is -2.48. The van der Waals surface area contributed by atoms with E-state index in [1.807, 2.05) is 6.07 Å². The molecule has 122 valence electrons. The van der Waals surface area contributed by atoms with Crippen LogP contribution < -0.4 is 5.32 Å². The molecule has 1 aromatic heterocycles. The first-order valence-electron chi connectivity index (χ1n) is 7.41. The molecule has 1 N–H and O–H groups in total. The van der Waals surface area contributed by atoms with Gasteiger partial charge in [-0.3, -0.25) is 4.98 Å². The third kappa shape index (κ3) is 3.74. The number of nitrogens with zero attached hydrogens (tertiary/aromatic N) is 2. The van der Waals surface area contributed by atoms with Crippen molar-refractivity contribution in [2.24, 2.45) is 0 Å². The van der Waals surface area contributed by atoms with Gasteiger partial charge in [-0.15, -0.1) is 0 Å². The first-order valence-corrected chi connectivity index (χ1v) is 9.02.